The van der Waals surface area contributed by atoms with E-state index >= 15 is 0 Å². The summed E-state index contributed by atoms with van der Waals surface area (Å²) in [6, 6.07) is 5.18. The van der Waals surface area contributed by atoms with Gasteiger partial charge in [0.05, 0.1) is 17.3 Å². The number of morpholine rings is 1. The molecule has 0 bridgehead atoms. The molecule has 0 N–H and O–H groups in total. The lowest BCUT2D eigenvalue weighted by molar-refractivity contribution is -0.118. The second-order valence-electron chi connectivity index (χ2n) is 5.42. The van der Waals surface area contributed by atoms with Crippen molar-refractivity contribution in [3.05, 3.63) is 29.6 Å². The summed E-state index contributed by atoms with van der Waals surface area (Å²) >= 11 is 0. The molecule has 19 heavy (non-hydrogen) atoms. The number of ether oxygens (including phenoxy) is 1. The van der Waals surface area contributed by atoms with Crippen LogP contribution in [0.1, 0.15) is 36.8 Å². The molecule has 0 saturated carbocycles. The number of hydrogen-bond acceptors (Lipinski definition) is 4. The number of rotatable bonds is 1. The van der Waals surface area contributed by atoms with E-state index in [9.17, 15) is 4.79 Å². The highest BCUT2D eigenvalue weighted by molar-refractivity contribution is 5.92. The van der Waals surface area contributed by atoms with Crippen LogP contribution in [-0.2, 0) is 4.74 Å². The van der Waals surface area contributed by atoms with Crippen molar-refractivity contribution in [1.82, 2.24) is 9.88 Å². The van der Waals surface area contributed by atoms with Gasteiger partial charge in [-0.25, -0.2) is 4.98 Å². The summed E-state index contributed by atoms with van der Waals surface area (Å²) in [4.78, 5) is 18.2. The van der Waals surface area contributed by atoms with Crippen LogP contribution in [0.5, 0.6) is 0 Å². The van der Waals surface area contributed by atoms with Crippen molar-refractivity contribution in [2.45, 2.75) is 32.5 Å². The van der Waals surface area contributed by atoms with E-state index in [2.05, 4.69) is 4.98 Å². The van der Waals surface area contributed by atoms with Crippen molar-refractivity contribution < 1.29 is 9.53 Å². The first kappa shape index (κ1) is 13.5. The molecule has 0 radical (unpaired) electrons. The zero-order valence-corrected chi connectivity index (χ0v) is 11.4. The van der Waals surface area contributed by atoms with Crippen LogP contribution < -0.4 is 0 Å². The summed E-state index contributed by atoms with van der Waals surface area (Å²) in [5.74, 6) is -0.118. The number of pyridine rings is 1. The van der Waals surface area contributed by atoms with Crippen LogP contribution in [0.25, 0.3) is 0 Å². The molecular formula is C14H17N3O2. The zero-order valence-electron chi connectivity index (χ0n) is 11.4. The standard InChI is InChI=1S/C14H17N3O2/c1-10-8-17(9-14(2,3)19-10)13(18)12-5-4-11(6-15)7-16-12/h4-5,7,10H,8-9H2,1-3H3. The molecule has 1 aliphatic rings. The van der Waals surface area contributed by atoms with Gasteiger partial charge in [0.25, 0.3) is 5.91 Å². The van der Waals surface area contributed by atoms with Crippen molar-refractivity contribution in [2.75, 3.05) is 13.1 Å². The Kier molecular flexibility index (Phi) is 3.54. The van der Waals surface area contributed by atoms with Gasteiger partial charge in [0, 0.05) is 19.3 Å². The number of aromatic nitrogens is 1. The Morgan fingerprint density at radius 2 is 2.32 bits per heavy atom. The first-order valence-electron chi connectivity index (χ1n) is 6.24. The Morgan fingerprint density at radius 3 is 2.84 bits per heavy atom. The molecule has 1 aromatic rings. The normalized spacial score (nSPS) is 21.8. The smallest absolute Gasteiger partial charge is 0.272 e. The summed E-state index contributed by atoms with van der Waals surface area (Å²) in [5, 5.41) is 8.72. The van der Waals surface area contributed by atoms with Crippen LogP contribution in [0.4, 0.5) is 0 Å². The zero-order chi connectivity index (χ0) is 14.0. The number of amides is 1. The number of nitrogens with zero attached hydrogens (tertiary/aromatic N) is 3. The molecule has 1 fully saturated rings. The molecule has 2 heterocycles. The molecule has 5 nitrogen and oxygen atoms in total. The molecule has 0 spiro atoms. The van der Waals surface area contributed by atoms with Crippen LogP contribution in [0.2, 0.25) is 0 Å². The monoisotopic (exact) mass is 259 g/mol. The highest BCUT2D eigenvalue weighted by atomic mass is 16.5. The van der Waals surface area contributed by atoms with Gasteiger partial charge >= 0.3 is 0 Å². The van der Waals surface area contributed by atoms with E-state index < -0.39 is 0 Å². The second kappa shape index (κ2) is 4.98. The molecule has 1 saturated heterocycles. The van der Waals surface area contributed by atoms with Crippen molar-refractivity contribution >= 4 is 5.91 Å². The van der Waals surface area contributed by atoms with E-state index in [4.69, 9.17) is 10.00 Å². The summed E-state index contributed by atoms with van der Waals surface area (Å²) in [6.07, 6.45) is 1.42. The molecule has 1 amide bonds. The van der Waals surface area contributed by atoms with E-state index in [1.54, 1.807) is 17.0 Å². The molecule has 0 aliphatic carbocycles. The van der Waals surface area contributed by atoms with Crippen LogP contribution in [0, 0.1) is 11.3 Å². The lowest BCUT2D eigenvalue weighted by Gasteiger charge is -2.41. The molecule has 1 atom stereocenters. The van der Waals surface area contributed by atoms with Crippen molar-refractivity contribution in [3.63, 3.8) is 0 Å². The lowest BCUT2D eigenvalue weighted by Crippen LogP contribution is -2.53. The summed E-state index contributed by atoms with van der Waals surface area (Å²) in [5.41, 5.74) is 0.469. The SMILES string of the molecule is CC1CN(C(=O)c2ccc(C#N)cn2)CC(C)(C)O1. The van der Waals surface area contributed by atoms with Gasteiger partial charge in [-0.1, -0.05) is 0 Å². The molecule has 5 heteroatoms. The molecule has 0 aromatic carbocycles. The third kappa shape index (κ3) is 3.09. The van der Waals surface area contributed by atoms with Gasteiger partial charge in [-0.3, -0.25) is 4.79 Å². The predicted octanol–water partition coefficient (Wildman–Crippen LogP) is 1.59. The Balaban J connectivity index is 2.16. The third-order valence-corrected chi connectivity index (χ3v) is 2.97. The summed E-state index contributed by atoms with van der Waals surface area (Å²) in [6.45, 7) is 6.99. The molecule has 100 valence electrons. The highest BCUT2D eigenvalue weighted by Gasteiger charge is 2.34. The number of nitriles is 1. The molecule has 1 aliphatic heterocycles. The predicted molar refractivity (Wildman–Crippen MR) is 69.5 cm³/mol. The fourth-order valence-corrected chi connectivity index (χ4v) is 2.36. The van der Waals surface area contributed by atoms with E-state index in [-0.39, 0.29) is 17.6 Å². The maximum Gasteiger partial charge on any atom is 0.272 e. The van der Waals surface area contributed by atoms with Gasteiger partial charge in [-0.15, -0.1) is 0 Å². The molecule has 1 unspecified atom stereocenters. The quantitative estimate of drug-likeness (QED) is 0.768. The highest BCUT2D eigenvalue weighted by Crippen LogP contribution is 2.21. The van der Waals surface area contributed by atoms with Crippen molar-refractivity contribution in [1.29, 1.82) is 5.26 Å². The van der Waals surface area contributed by atoms with Crippen LogP contribution >= 0.6 is 0 Å². The number of hydrogen-bond donors (Lipinski definition) is 0. The van der Waals surface area contributed by atoms with Gasteiger partial charge in [0.15, 0.2) is 0 Å². The second-order valence-corrected chi connectivity index (χ2v) is 5.42. The summed E-state index contributed by atoms with van der Waals surface area (Å²) < 4.78 is 5.77. The Labute approximate surface area is 112 Å². The van der Waals surface area contributed by atoms with Crippen LogP contribution in [0.3, 0.4) is 0 Å². The van der Waals surface area contributed by atoms with Gasteiger partial charge in [0.2, 0.25) is 0 Å². The minimum Gasteiger partial charge on any atom is -0.369 e. The molecular weight excluding hydrogens is 242 g/mol. The van der Waals surface area contributed by atoms with Gasteiger partial charge in [0.1, 0.15) is 11.8 Å². The van der Waals surface area contributed by atoms with Crippen molar-refractivity contribution in [2.24, 2.45) is 0 Å². The van der Waals surface area contributed by atoms with Crippen molar-refractivity contribution in [3.8, 4) is 6.07 Å². The van der Waals surface area contributed by atoms with E-state index in [1.807, 2.05) is 26.8 Å². The number of carbonyl (C=O) groups excluding carboxylic acids is 1. The van der Waals surface area contributed by atoms with E-state index in [0.29, 0.717) is 24.3 Å². The average Bonchev–Trinajstić information content (AvgIpc) is 2.35. The first-order chi connectivity index (χ1) is 8.91. The Morgan fingerprint density at radius 1 is 1.58 bits per heavy atom. The Hall–Kier alpha value is -1.93. The largest absolute Gasteiger partial charge is 0.369 e. The topological polar surface area (TPSA) is 66.2 Å². The lowest BCUT2D eigenvalue weighted by atomic mass is 10.1. The minimum absolute atomic E-state index is 0.00563. The van der Waals surface area contributed by atoms with Crippen LogP contribution in [-0.4, -0.2) is 40.6 Å². The van der Waals surface area contributed by atoms with Gasteiger partial charge < -0.3 is 9.64 Å². The maximum atomic E-state index is 12.4. The van der Waals surface area contributed by atoms with Gasteiger partial charge in [-0.2, -0.15) is 5.26 Å². The average molecular weight is 259 g/mol. The molecule has 2 rings (SSSR count). The Bertz CT molecular complexity index is 516. The first-order valence-corrected chi connectivity index (χ1v) is 6.24. The fourth-order valence-electron chi connectivity index (χ4n) is 2.36. The third-order valence-electron chi connectivity index (χ3n) is 2.97. The maximum absolute atomic E-state index is 12.4. The molecule has 1 aromatic heterocycles. The number of carbonyl (C=O) groups is 1. The van der Waals surface area contributed by atoms with Gasteiger partial charge in [-0.05, 0) is 32.9 Å². The van der Waals surface area contributed by atoms with E-state index in [1.165, 1.54) is 6.20 Å². The van der Waals surface area contributed by atoms with Crippen LogP contribution in [0.15, 0.2) is 18.3 Å². The van der Waals surface area contributed by atoms with E-state index in [0.717, 1.165) is 0 Å². The summed E-state index contributed by atoms with van der Waals surface area (Å²) in [7, 11) is 0. The minimum atomic E-state index is -0.347. The fraction of sp³-hybridized carbons (Fsp3) is 0.500.